The second-order valence-corrected chi connectivity index (χ2v) is 7.29. The molecule has 138 valence electrons. The molecular formula is C14H21F3IN3O2S. The van der Waals surface area contributed by atoms with Crippen LogP contribution in [0.3, 0.4) is 0 Å². The number of hydrogen-bond donors (Lipinski definition) is 2. The zero-order valence-corrected chi connectivity index (χ0v) is 16.5. The molecule has 2 N–H and O–H groups in total. The van der Waals surface area contributed by atoms with Crippen molar-refractivity contribution in [1.82, 2.24) is 10.6 Å². The summed E-state index contributed by atoms with van der Waals surface area (Å²) in [6, 6.07) is 5.02. The quantitative estimate of drug-likeness (QED) is 0.285. The van der Waals surface area contributed by atoms with Gasteiger partial charge in [-0.15, -0.1) is 24.0 Å². The fourth-order valence-corrected chi connectivity index (χ4v) is 2.47. The minimum absolute atomic E-state index is 0. The van der Waals surface area contributed by atoms with Gasteiger partial charge in [0.25, 0.3) is 0 Å². The maximum Gasteiger partial charge on any atom is 0.416 e. The Morgan fingerprint density at radius 1 is 1.25 bits per heavy atom. The number of nitrogens with zero attached hydrogens (tertiary/aromatic N) is 1. The molecule has 0 spiro atoms. The van der Waals surface area contributed by atoms with Crippen LogP contribution in [0.1, 0.15) is 17.5 Å². The molecule has 0 heterocycles. The summed E-state index contributed by atoms with van der Waals surface area (Å²) in [4.78, 5) is 3.93. The second kappa shape index (κ2) is 10.1. The average molecular weight is 479 g/mol. The summed E-state index contributed by atoms with van der Waals surface area (Å²) in [5.74, 6) is 0.459. The zero-order chi connectivity index (χ0) is 17.5. The van der Waals surface area contributed by atoms with Crippen LogP contribution in [0.2, 0.25) is 0 Å². The number of nitrogens with one attached hydrogen (secondary N) is 2. The molecule has 1 rings (SSSR count). The summed E-state index contributed by atoms with van der Waals surface area (Å²) >= 11 is 0. The van der Waals surface area contributed by atoms with Gasteiger partial charge in [-0.25, -0.2) is 8.42 Å². The minimum atomic E-state index is -4.37. The van der Waals surface area contributed by atoms with Crippen LogP contribution in [0.25, 0.3) is 0 Å². The fraction of sp³-hybridized carbons (Fsp3) is 0.500. The molecule has 0 saturated heterocycles. The van der Waals surface area contributed by atoms with E-state index < -0.39 is 21.6 Å². The first-order valence-corrected chi connectivity index (χ1v) is 8.96. The third-order valence-corrected chi connectivity index (χ3v) is 3.95. The Morgan fingerprint density at radius 2 is 1.92 bits per heavy atom. The van der Waals surface area contributed by atoms with Gasteiger partial charge in [0.15, 0.2) is 5.96 Å². The van der Waals surface area contributed by atoms with Crippen LogP contribution in [-0.4, -0.2) is 40.0 Å². The van der Waals surface area contributed by atoms with Crippen molar-refractivity contribution in [2.45, 2.75) is 19.1 Å². The van der Waals surface area contributed by atoms with Crippen LogP contribution in [-0.2, 0) is 22.6 Å². The summed E-state index contributed by atoms with van der Waals surface area (Å²) in [7, 11) is -1.48. The fourth-order valence-electron chi connectivity index (χ4n) is 1.81. The molecule has 5 nitrogen and oxygen atoms in total. The van der Waals surface area contributed by atoms with Crippen molar-refractivity contribution in [3.63, 3.8) is 0 Å². The summed E-state index contributed by atoms with van der Waals surface area (Å²) in [6.45, 7) is 0.574. The van der Waals surface area contributed by atoms with E-state index in [2.05, 4.69) is 15.6 Å². The predicted molar refractivity (Wildman–Crippen MR) is 99.4 cm³/mol. The van der Waals surface area contributed by atoms with E-state index in [9.17, 15) is 21.6 Å². The van der Waals surface area contributed by atoms with Gasteiger partial charge in [-0.2, -0.15) is 13.2 Å². The molecule has 10 heteroatoms. The summed E-state index contributed by atoms with van der Waals surface area (Å²) in [6.07, 6.45) is -2.79. The first-order chi connectivity index (χ1) is 10.6. The number of benzene rings is 1. The van der Waals surface area contributed by atoms with Crippen molar-refractivity contribution in [2.75, 3.05) is 25.6 Å². The van der Waals surface area contributed by atoms with Crippen molar-refractivity contribution < 1.29 is 21.6 Å². The molecule has 24 heavy (non-hydrogen) atoms. The summed E-state index contributed by atoms with van der Waals surface area (Å²) in [5, 5.41) is 5.79. The topological polar surface area (TPSA) is 70.6 Å². The molecule has 0 atom stereocenters. The number of hydrogen-bond acceptors (Lipinski definition) is 3. The summed E-state index contributed by atoms with van der Waals surface area (Å²) in [5.41, 5.74) is -0.230. The third-order valence-electron chi connectivity index (χ3n) is 2.92. The Hall–Kier alpha value is -1.04. The standard InChI is InChI=1S/C14H20F3N3O2S.HI/c1-18-13(19-7-4-8-23(2,21)22)20-10-11-5-3-6-12(9-11)14(15,16)17;/h3,5-6,9H,4,7-8,10H2,1-2H3,(H2,18,19,20);1H. The Bertz CT molecular complexity index is 649. The van der Waals surface area contributed by atoms with Crippen LogP contribution in [0.5, 0.6) is 0 Å². The Kier molecular flexibility index (Phi) is 9.63. The van der Waals surface area contributed by atoms with Crippen LogP contribution in [0.15, 0.2) is 29.3 Å². The van der Waals surface area contributed by atoms with Crippen LogP contribution < -0.4 is 10.6 Å². The van der Waals surface area contributed by atoms with E-state index in [0.717, 1.165) is 18.4 Å². The van der Waals surface area contributed by atoms with E-state index in [4.69, 9.17) is 0 Å². The Morgan fingerprint density at radius 3 is 2.46 bits per heavy atom. The lowest BCUT2D eigenvalue weighted by atomic mass is 10.1. The number of sulfone groups is 1. The highest BCUT2D eigenvalue weighted by atomic mass is 127. The van der Waals surface area contributed by atoms with Crippen LogP contribution >= 0.6 is 24.0 Å². The lowest BCUT2D eigenvalue weighted by Gasteiger charge is -2.13. The van der Waals surface area contributed by atoms with Gasteiger partial charge in [-0.3, -0.25) is 4.99 Å². The molecule has 0 aliphatic carbocycles. The smallest absolute Gasteiger partial charge is 0.356 e. The van der Waals surface area contributed by atoms with Gasteiger partial charge < -0.3 is 10.6 Å². The first kappa shape index (κ1) is 23.0. The van der Waals surface area contributed by atoms with Gasteiger partial charge in [0.2, 0.25) is 0 Å². The van der Waals surface area contributed by atoms with Crippen LogP contribution in [0, 0.1) is 0 Å². The molecule has 0 bridgehead atoms. The number of alkyl halides is 3. The molecule has 0 unspecified atom stereocenters. The maximum absolute atomic E-state index is 12.6. The van der Waals surface area contributed by atoms with Crippen molar-refractivity contribution >= 4 is 39.8 Å². The predicted octanol–water partition coefficient (Wildman–Crippen LogP) is 2.42. The third kappa shape index (κ3) is 9.30. The number of rotatable bonds is 6. The average Bonchev–Trinajstić information content (AvgIpc) is 2.45. The van der Waals surface area contributed by atoms with Gasteiger partial charge in [-0.05, 0) is 24.1 Å². The molecule has 1 aromatic rings. The molecule has 1 aromatic carbocycles. The van der Waals surface area contributed by atoms with Gasteiger partial charge >= 0.3 is 6.18 Å². The molecule has 0 amide bonds. The van der Waals surface area contributed by atoms with E-state index in [1.807, 2.05) is 0 Å². The van der Waals surface area contributed by atoms with E-state index in [-0.39, 0.29) is 36.3 Å². The lowest BCUT2D eigenvalue weighted by molar-refractivity contribution is -0.137. The Labute approximate surface area is 157 Å². The normalized spacial score (nSPS) is 12.5. The van der Waals surface area contributed by atoms with E-state index >= 15 is 0 Å². The van der Waals surface area contributed by atoms with Crippen LogP contribution in [0.4, 0.5) is 13.2 Å². The molecule has 0 saturated carbocycles. The molecule has 0 fully saturated rings. The molecule has 0 aliphatic heterocycles. The Balaban J connectivity index is 0.00000529. The number of halogens is 4. The van der Waals surface area contributed by atoms with Gasteiger partial charge in [-0.1, -0.05) is 12.1 Å². The van der Waals surface area contributed by atoms with Gasteiger partial charge in [0.05, 0.1) is 11.3 Å². The highest BCUT2D eigenvalue weighted by molar-refractivity contribution is 14.0. The van der Waals surface area contributed by atoms with Crippen molar-refractivity contribution in [3.05, 3.63) is 35.4 Å². The van der Waals surface area contributed by atoms with Crippen molar-refractivity contribution in [2.24, 2.45) is 4.99 Å². The second-order valence-electron chi connectivity index (χ2n) is 5.03. The highest BCUT2D eigenvalue weighted by Crippen LogP contribution is 2.29. The number of guanidine groups is 1. The molecule has 0 radical (unpaired) electrons. The molecule has 0 aliphatic rings. The zero-order valence-electron chi connectivity index (χ0n) is 13.4. The van der Waals surface area contributed by atoms with E-state index in [0.29, 0.717) is 24.5 Å². The molecular weight excluding hydrogens is 458 g/mol. The lowest BCUT2D eigenvalue weighted by Crippen LogP contribution is -2.37. The monoisotopic (exact) mass is 479 g/mol. The summed E-state index contributed by atoms with van der Waals surface area (Å²) < 4.78 is 59.9. The highest BCUT2D eigenvalue weighted by Gasteiger charge is 2.30. The maximum atomic E-state index is 12.6. The SMILES string of the molecule is CN=C(NCCCS(C)(=O)=O)NCc1cccc(C(F)(F)F)c1.I. The number of aliphatic imine (C=N–C) groups is 1. The largest absolute Gasteiger partial charge is 0.416 e. The van der Waals surface area contributed by atoms with Crippen molar-refractivity contribution in [1.29, 1.82) is 0 Å². The van der Waals surface area contributed by atoms with Gasteiger partial charge in [0.1, 0.15) is 9.84 Å². The van der Waals surface area contributed by atoms with Gasteiger partial charge in [0, 0.05) is 26.4 Å². The van der Waals surface area contributed by atoms with E-state index in [1.165, 1.54) is 13.1 Å². The first-order valence-electron chi connectivity index (χ1n) is 6.90. The molecule has 0 aromatic heterocycles. The minimum Gasteiger partial charge on any atom is -0.356 e. The van der Waals surface area contributed by atoms with Crippen molar-refractivity contribution in [3.8, 4) is 0 Å². The van der Waals surface area contributed by atoms with E-state index in [1.54, 1.807) is 6.07 Å².